The molecule has 0 atom stereocenters. The molecule has 0 fully saturated rings. The van der Waals surface area contributed by atoms with Gasteiger partial charge in [-0.05, 0) is 13.8 Å². The van der Waals surface area contributed by atoms with Gasteiger partial charge in [-0.1, -0.05) is 15.9 Å². The summed E-state index contributed by atoms with van der Waals surface area (Å²) in [7, 11) is 0. The van der Waals surface area contributed by atoms with Gasteiger partial charge in [-0.25, -0.2) is 4.98 Å². The van der Waals surface area contributed by atoms with Crippen molar-refractivity contribution in [1.82, 2.24) is 4.98 Å². The first-order valence-corrected chi connectivity index (χ1v) is 5.33. The Balaban J connectivity index is 2.88. The molecule has 0 aliphatic carbocycles. The molecule has 0 saturated heterocycles. The Morgan fingerprint density at radius 2 is 2.33 bits per heavy atom. The van der Waals surface area contributed by atoms with Crippen LogP contribution < -0.4 is 0 Å². The van der Waals surface area contributed by atoms with Crippen molar-refractivity contribution in [3.8, 4) is 0 Å². The second-order valence-electron chi connectivity index (χ2n) is 3.28. The molecule has 1 heterocycles. The molecule has 0 unspecified atom stereocenters. The minimum Gasteiger partial charge on any atom is -0.444 e. The summed E-state index contributed by atoms with van der Waals surface area (Å²) in [5.74, 6) is 2.05. The van der Waals surface area contributed by atoms with E-state index in [2.05, 4.69) is 20.9 Å². The number of hydrogen-bond donors (Lipinski definition) is 0. The normalized spacial score (nSPS) is 12.0. The Morgan fingerprint density at radius 3 is 2.75 bits per heavy atom. The number of hydrogen-bond acceptors (Lipinski definition) is 2. The molecular weight excluding hydrogens is 241 g/mol. The van der Waals surface area contributed by atoms with Gasteiger partial charge in [0.05, 0.1) is 16.9 Å². The Labute approximate surface area is 85.4 Å². The third-order valence-corrected chi connectivity index (χ3v) is 2.82. The highest BCUT2D eigenvalue weighted by molar-refractivity contribution is 9.08. The van der Waals surface area contributed by atoms with Crippen LogP contribution >= 0.6 is 27.5 Å². The van der Waals surface area contributed by atoms with Crippen molar-refractivity contribution in [3.63, 3.8) is 0 Å². The smallest absolute Gasteiger partial charge is 0.201 e. The summed E-state index contributed by atoms with van der Waals surface area (Å²) in [4.78, 5) is 4.15. The number of halogens is 2. The minimum absolute atomic E-state index is 0.179. The van der Waals surface area contributed by atoms with Gasteiger partial charge in [0, 0.05) is 5.88 Å². The quantitative estimate of drug-likeness (QED) is 0.773. The lowest BCUT2D eigenvalue weighted by molar-refractivity contribution is 0.382. The molecular formula is C8H11BrClNO. The summed E-state index contributed by atoms with van der Waals surface area (Å²) < 4.78 is 5.45. The fraction of sp³-hybridized carbons (Fsp3) is 0.625. The topological polar surface area (TPSA) is 26.0 Å². The predicted octanol–water partition coefficient (Wildman–Crippen LogP) is 3.09. The van der Waals surface area contributed by atoms with Crippen LogP contribution in [0.4, 0.5) is 0 Å². The van der Waals surface area contributed by atoms with Crippen molar-refractivity contribution in [2.75, 3.05) is 5.88 Å². The van der Waals surface area contributed by atoms with Gasteiger partial charge in [0.2, 0.25) is 5.89 Å². The van der Waals surface area contributed by atoms with Gasteiger partial charge in [-0.3, -0.25) is 0 Å². The van der Waals surface area contributed by atoms with E-state index in [1.165, 1.54) is 0 Å². The highest BCUT2D eigenvalue weighted by atomic mass is 79.9. The van der Waals surface area contributed by atoms with Crippen LogP contribution in [0.2, 0.25) is 0 Å². The highest BCUT2D eigenvalue weighted by Crippen LogP contribution is 2.24. The van der Waals surface area contributed by atoms with Crippen LogP contribution in [0.25, 0.3) is 0 Å². The first-order chi connectivity index (χ1) is 5.60. The van der Waals surface area contributed by atoms with E-state index >= 15 is 0 Å². The molecule has 12 heavy (non-hydrogen) atoms. The van der Waals surface area contributed by atoms with Crippen LogP contribution in [-0.2, 0) is 10.7 Å². The average molecular weight is 253 g/mol. The summed E-state index contributed by atoms with van der Waals surface area (Å²) in [6.07, 6.45) is 1.72. The molecule has 0 aliphatic heterocycles. The molecule has 0 aliphatic rings. The zero-order chi connectivity index (χ0) is 9.19. The van der Waals surface area contributed by atoms with E-state index in [0.717, 1.165) is 5.76 Å². The van der Waals surface area contributed by atoms with E-state index < -0.39 is 0 Å². The highest BCUT2D eigenvalue weighted by Gasteiger charge is 2.24. The number of oxazole rings is 1. The van der Waals surface area contributed by atoms with Gasteiger partial charge in [0.25, 0.3) is 0 Å². The fourth-order valence-corrected chi connectivity index (χ4v) is 1.11. The van der Waals surface area contributed by atoms with E-state index in [1.54, 1.807) is 6.20 Å². The summed E-state index contributed by atoms with van der Waals surface area (Å²) in [5.41, 5.74) is -0.179. The summed E-state index contributed by atoms with van der Waals surface area (Å²) in [6, 6.07) is 0. The third kappa shape index (κ3) is 2.02. The van der Waals surface area contributed by atoms with Crippen molar-refractivity contribution in [2.45, 2.75) is 24.6 Å². The van der Waals surface area contributed by atoms with E-state index in [4.69, 9.17) is 16.0 Å². The Kier molecular flexibility index (Phi) is 3.18. The molecule has 4 heteroatoms. The zero-order valence-corrected chi connectivity index (χ0v) is 9.44. The lowest BCUT2D eigenvalue weighted by Gasteiger charge is -2.15. The van der Waals surface area contributed by atoms with Crippen LogP contribution in [0.5, 0.6) is 0 Å². The van der Waals surface area contributed by atoms with Crippen LogP contribution in [0, 0.1) is 0 Å². The molecule has 0 aromatic carbocycles. The van der Waals surface area contributed by atoms with Crippen LogP contribution in [0.15, 0.2) is 10.6 Å². The van der Waals surface area contributed by atoms with Crippen LogP contribution in [-0.4, -0.2) is 10.9 Å². The molecule has 0 bridgehead atoms. The average Bonchev–Trinajstić information content (AvgIpc) is 2.52. The van der Waals surface area contributed by atoms with E-state index in [0.29, 0.717) is 17.1 Å². The van der Waals surface area contributed by atoms with Crippen molar-refractivity contribution in [3.05, 3.63) is 17.8 Å². The monoisotopic (exact) mass is 251 g/mol. The van der Waals surface area contributed by atoms with E-state index in [9.17, 15) is 0 Å². The van der Waals surface area contributed by atoms with Crippen LogP contribution in [0.1, 0.15) is 25.5 Å². The fourth-order valence-electron chi connectivity index (χ4n) is 0.739. The molecule has 0 saturated carbocycles. The Hall–Kier alpha value is -0.0200. The number of alkyl halides is 2. The van der Waals surface area contributed by atoms with Gasteiger partial charge in [-0.2, -0.15) is 0 Å². The molecule has 0 radical (unpaired) electrons. The SMILES string of the molecule is CC(C)(CCl)c1ncc(CBr)o1. The summed E-state index contributed by atoms with van der Waals surface area (Å²) in [5, 5.41) is 0.693. The lowest BCUT2D eigenvalue weighted by atomic mass is 9.97. The molecule has 68 valence electrons. The van der Waals surface area contributed by atoms with Gasteiger partial charge >= 0.3 is 0 Å². The third-order valence-electron chi connectivity index (χ3n) is 1.60. The van der Waals surface area contributed by atoms with Crippen molar-refractivity contribution < 1.29 is 4.42 Å². The standard InChI is InChI=1S/C8H11BrClNO/c1-8(2,5-10)7-11-4-6(3-9)12-7/h4H,3,5H2,1-2H3. The first kappa shape index (κ1) is 10.1. The Bertz CT molecular complexity index is 259. The first-order valence-electron chi connectivity index (χ1n) is 3.67. The molecule has 1 aromatic rings. The number of nitrogens with zero attached hydrogens (tertiary/aromatic N) is 1. The van der Waals surface area contributed by atoms with Gasteiger partial charge < -0.3 is 4.42 Å². The molecule has 0 spiro atoms. The Morgan fingerprint density at radius 1 is 1.67 bits per heavy atom. The molecule has 1 aromatic heterocycles. The van der Waals surface area contributed by atoms with E-state index in [1.807, 2.05) is 13.8 Å². The second-order valence-corrected chi connectivity index (χ2v) is 4.11. The van der Waals surface area contributed by atoms with Gasteiger partial charge in [-0.15, -0.1) is 11.6 Å². The van der Waals surface area contributed by atoms with Gasteiger partial charge in [0.1, 0.15) is 5.76 Å². The van der Waals surface area contributed by atoms with Crippen molar-refractivity contribution >= 4 is 27.5 Å². The predicted molar refractivity (Wildman–Crippen MR) is 52.9 cm³/mol. The van der Waals surface area contributed by atoms with Crippen LogP contribution in [0.3, 0.4) is 0 Å². The molecule has 2 nitrogen and oxygen atoms in total. The maximum atomic E-state index is 5.77. The minimum atomic E-state index is -0.179. The second kappa shape index (κ2) is 3.79. The van der Waals surface area contributed by atoms with Crippen molar-refractivity contribution in [1.29, 1.82) is 0 Å². The zero-order valence-electron chi connectivity index (χ0n) is 7.10. The molecule has 0 N–H and O–H groups in total. The number of rotatable bonds is 3. The van der Waals surface area contributed by atoms with E-state index in [-0.39, 0.29) is 5.41 Å². The molecule has 1 rings (SSSR count). The van der Waals surface area contributed by atoms with Crippen molar-refractivity contribution in [2.24, 2.45) is 0 Å². The largest absolute Gasteiger partial charge is 0.444 e. The van der Waals surface area contributed by atoms with Gasteiger partial charge in [0.15, 0.2) is 0 Å². The maximum absolute atomic E-state index is 5.77. The number of aromatic nitrogens is 1. The molecule has 0 amide bonds. The maximum Gasteiger partial charge on any atom is 0.201 e. The lowest BCUT2D eigenvalue weighted by Crippen LogP contribution is -2.19. The summed E-state index contributed by atoms with van der Waals surface area (Å²) >= 11 is 9.06. The summed E-state index contributed by atoms with van der Waals surface area (Å²) in [6.45, 7) is 4.01.